The third-order valence-electron chi connectivity index (χ3n) is 3.48. The fourth-order valence-electron chi connectivity index (χ4n) is 2.27. The van der Waals surface area contributed by atoms with Crippen LogP contribution in [-0.4, -0.2) is 70.1 Å². The highest BCUT2D eigenvalue weighted by Gasteiger charge is 2.23. The second kappa shape index (κ2) is 9.00. The quantitative estimate of drug-likeness (QED) is 0.678. The largest absolute Gasteiger partial charge is 0.312 e. The number of nitrogens with zero attached hydrogens (tertiary/aromatic N) is 3. The lowest BCUT2D eigenvalue weighted by Crippen LogP contribution is -2.43. The third kappa shape index (κ3) is 6.68. The number of para-hydroxylation sites is 1. The average Bonchev–Trinajstić information content (AvgIpc) is 2.46. The first-order valence-corrected chi connectivity index (χ1v) is 9.55. The summed E-state index contributed by atoms with van der Waals surface area (Å²) in [5, 5.41) is 0. The molecule has 1 rings (SSSR count). The van der Waals surface area contributed by atoms with Crippen LogP contribution in [0.15, 0.2) is 30.3 Å². The van der Waals surface area contributed by atoms with E-state index in [0.29, 0.717) is 19.5 Å². The van der Waals surface area contributed by atoms with E-state index in [-0.39, 0.29) is 12.5 Å². The summed E-state index contributed by atoms with van der Waals surface area (Å²) in [5.74, 6) is -0.214. The van der Waals surface area contributed by atoms with E-state index in [1.807, 2.05) is 56.3 Å². The number of sulfonamides is 1. The Morgan fingerprint density at radius 2 is 1.70 bits per heavy atom. The van der Waals surface area contributed by atoms with E-state index >= 15 is 0 Å². The molecule has 0 saturated carbocycles. The van der Waals surface area contributed by atoms with Gasteiger partial charge >= 0.3 is 0 Å². The van der Waals surface area contributed by atoms with Gasteiger partial charge in [-0.05, 0) is 46.1 Å². The number of anilines is 1. The number of carbonyl (C=O) groups excluding carboxylic acids is 1. The van der Waals surface area contributed by atoms with Crippen molar-refractivity contribution in [3.05, 3.63) is 30.3 Å². The summed E-state index contributed by atoms with van der Waals surface area (Å²) in [6, 6.07) is 9.29. The van der Waals surface area contributed by atoms with Crippen LogP contribution in [0.1, 0.15) is 13.3 Å². The van der Waals surface area contributed by atoms with Crippen LogP contribution < -0.4 is 4.90 Å². The Morgan fingerprint density at radius 1 is 1.09 bits per heavy atom. The molecule has 0 aliphatic rings. The van der Waals surface area contributed by atoms with E-state index in [9.17, 15) is 13.2 Å². The molecule has 0 unspecified atom stereocenters. The van der Waals surface area contributed by atoms with Crippen LogP contribution in [0.2, 0.25) is 0 Å². The van der Waals surface area contributed by atoms with Gasteiger partial charge in [-0.15, -0.1) is 0 Å². The maximum atomic E-state index is 12.5. The standard InChI is InChI=1S/C16H27N3O3S/c1-5-19(15-10-7-6-8-11-15)16(20)14-18(23(4,21)22)13-9-12-17(2)3/h6-8,10-11H,5,9,12-14H2,1-4H3. The Balaban J connectivity index is 2.79. The van der Waals surface area contributed by atoms with Gasteiger partial charge in [0.05, 0.1) is 12.8 Å². The maximum Gasteiger partial charge on any atom is 0.242 e. The van der Waals surface area contributed by atoms with Crippen molar-refractivity contribution >= 4 is 21.6 Å². The predicted molar refractivity (Wildman–Crippen MR) is 94.1 cm³/mol. The number of amides is 1. The van der Waals surface area contributed by atoms with Crippen molar-refractivity contribution in [2.45, 2.75) is 13.3 Å². The van der Waals surface area contributed by atoms with Gasteiger partial charge in [-0.2, -0.15) is 4.31 Å². The average molecular weight is 341 g/mol. The molecular weight excluding hydrogens is 314 g/mol. The van der Waals surface area contributed by atoms with Gasteiger partial charge < -0.3 is 9.80 Å². The summed E-state index contributed by atoms with van der Waals surface area (Å²) in [6.07, 6.45) is 1.83. The minimum absolute atomic E-state index is 0.130. The van der Waals surface area contributed by atoms with E-state index < -0.39 is 10.0 Å². The molecule has 6 nitrogen and oxygen atoms in total. The van der Waals surface area contributed by atoms with Gasteiger partial charge in [0.1, 0.15) is 0 Å². The Morgan fingerprint density at radius 3 is 2.17 bits per heavy atom. The van der Waals surface area contributed by atoms with E-state index in [1.165, 1.54) is 4.31 Å². The second-order valence-corrected chi connectivity index (χ2v) is 7.71. The van der Waals surface area contributed by atoms with Crippen LogP contribution in [0.25, 0.3) is 0 Å². The van der Waals surface area contributed by atoms with Crippen molar-refractivity contribution in [2.75, 3.05) is 51.4 Å². The molecule has 1 amide bonds. The molecule has 23 heavy (non-hydrogen) atoms. The zero-order chi connectivity index (χ0) is 17.5. The van der Waals surface area contributed by atoms with Gasteiger partial charge in [0, 0.05) is 18.8 Å². The molecule has 1 aromatic carbocycles. The molecule has 0 aromatic heterocycles. The van der Waals surface area contributed by atoms with E-state index in [1.54, 1.807) is 4.90 Å². The number of likely N-dealkylation sites (N-methyl/N-ethyl adjacent to an activating group) is 1. The highest BCUT2D eigenvalue weighted by atomic mass is 32.2. The zero-order valence-corrected chi connectivity index (χ0v) is 15.2. The molecule has 130 valence electrons. The number of hydrogen-bond donors (Lipinski definition) is 0. The summed E-state index contributed by atoms with van der Waals surface area (Å²) < 4.78 is 25.1. The molecule has 0 spiro atoms. The fourth-order valence-corrected chi connectivity index (χ4v) is 3.08. The Labute approximate surface area is 139 Å². The first-order valence-electron chi connectivity index (χ1n) is 7.71. The van der Waals surface area contributed by atoms with Crippen molar-refractivity contribution < 1.29 is 13.2 Å². The van der Waals surface area contributed by atoms with Gasteiger partial charge in [-0.1, -0.05) is 18.2 Å². The van der Waals surface area contributed by atoms with Crippen molar-refractivity contribution in [1.29, 1.82) is 0 Å². The van der Waals surface area contributed by atoms with Crippen LogP contribution in [0.3, 0.4) is 0 Å². The Hall–Kier alpha value is -1.44. The van der Waals surface area contributed by atoms with Gasteiger partial charge in [0.2, 0.25) is 15.9 Å². The number of benzene rings is 1. The van der Waals surface area contributed by atoms with Crippen LogP contribution in [0, 0.1) is 0 Å². The monoisotopic (exact) mass is 341 g/mol. The topological polar surface area (TPSA) is 60.9 Å². The number of carbonyl (C=O) groups is 1. The normalized spacial score (nSPS) is 11.9. The minimum Gasteiger partial charge on any atom is -0.312 e. The SMILES string of the molecule is CCN(C(=O)CN(CCCN(C)C)S(C)(=O)=O)c1ccccc1. The summed E-state index contributed by atoms with van der Waals surface area (Å²) >= 11 is 0. The molecule has 0 aliphatic heterocycles. The number of hydrogen-bond acceptors (Lipinski definition) is 4. The van der Waals surface area contributed by atoms with Gasteiger partial charge in [0.15, 0.2) is 0 Å². The molecule has 1 aromatic rings. The lowest BCUT2D eigenvalue weighted by Gasteiger charge is -2.26. The van der Waals surface area contributed by atoms with Crippen molar-refractivity contribution in [2.24, 2.45) is 0 Å². The highest BCUT2D eigenvalue weighted by Crippen LogP contribution is 2.14. The Bertz CT molecular complexity index is 588. The molecule has 0 fully saturated rings. The van der Waals surface area contributed by atoms with Crippen LogP contribution in [0.4, 0.5) is 5.69 Å². The first kappa shape index (κ1) is 19.6. The van der Waals surface area contributed by atoms with E-state index in [0.717, 1.165) is 18.5 Å². The van der Waals surface area contributed by atoms with Crippen LogP contribution in [0.5, 0.6) is 0 Å². The summed E-state index contributed by atoms with van der Waals surface area (Å²) in [4.78, 5) is 16.1. The molecule has 7 heteroatoms. The summed E-state index contributed by atoms with van der Waals surface area (Å²) in [5.41, 5.74) is 0.779. The molecule has 0 bridgehead atoms. The lowest BCUT2D eigenvalue weighted by atomic mass is 10.3. The zero-order valence-electron chi connectivity index (χ0n) is 14.4. The molecule has 0 saturated heterocycles. The fraction of sp³-hybridized carbons (Fsp3) is 0.562. The molecular formula is C16H27N3O3S. The highest BCUT2D eigenvalue weighted by molar-refractivity contribution is 7.88. The van der Waals surface area contributed by atoms with Crippen LogP contribution in [-0.2, 0) is 14.8 Å². The van der Waals surface area contributed by atoms with E-state index in [2.05, 4.69) is 0 Å². The molecule has 0 heterocycles. The first-order chi connectivity index (χ1) is 10.8. The van der Waals surface area contributed by atoms with Crippen molar-refractivity contribution in [1.82, 2.24) is 9.21 Å². The third-order valence-corrected chi connectivity index (χ3v) is 4.73. The number of rotatable bonds is 9. The van der Waals surface area contributed by atoms with Crippen molar-refractivity contribution in [3.8, 4) is 0 Å². The predicted octanol–water partition coefficient (Wildman–Crippen LogP) is 1.25. The van der Waals surface area contributed by atoms with Crippen molar-refractivity contribution in [3.63, 3.8) is 0 Å². The maximum absolute atomic E-state index is 12.5. The smallest absolute Gasteiger partial charge is 0.242 e. The minimum atomic E-state index is -3.41. The molecule has 0 N–H and O–H groups in total. The lowest BCUT2D eigenvalue weighted by molar-refractivity contribution is -0.118. The molecule has 0 aliphatic carbocycles. The Kier molecular flexibility index (Phi) is 7.67. The second-order valence-electron chi connectivity index (χ2n) is 5.73. The summed E-state index contributed by atoms with van der Waals surface area (Å²) in [7, 11) is 0.455. The molecule has 0 radical (unpaired) electrons. The van der Waals surface area contributed by atoms with Gasteiger partial charge in [0.25, 0.3) is 0 Å². The summed E-state index contributed by atoms with van der Waals surface area (Å²) in [6.45, 7) is 3.36. The van der Waals surface area contributed by atoms with Crippen LogP contribution >= 0.6 is 0 Å². The van der Waals surface area contributed by atoms with Gasteiger partial charge in [-0.25, -0.2) is 8.42 Å². The van der Waals surface area contributed by atoms with E-state index in [4.69, 9.17) is 0 Å². The van der Waals surface area contributed by atoms with Gasteiger partial charge in [-0.3, -0.25) is 4.79 Å². The molecule has 0 atom stereocenters.